The number of nitrogens with two attached hydrogens (primary N) is 2. The highest BCUT2D eigenvalue weighted by molar-refractivity contribution is 7.13. The van der Waals surface area contributed by atoms with Crippen LogP contribution in [-0.4, -0.2) is 24.8 Å². The van der Waals surface area contributed by atoms with Crippen LogP contribution in [0.1, 0.15) is 5.69 Å². The van der Waals surface area contributed by atoms with Crippen LogP contribution in [0.15, 0.2) is 11.4 Å². The summed E-state index contributed by atoms with van der Waals surface area (Å²) in [6.07, 6.45) is 0. The molecular weight excluding hydrogens is 238 g/mol. The van der Waals surface area contributed by atoms with Crippen LogP contribution in [0.3, 0.4) is 0 Å². The topological polar surface area (TPSA) is 108 Å². The van der Waals surface area contributed by atoms with Crippen molar-refractivity contribution in [3.63, 3.8) is 0 Å². The van der Waals surface area contributed by atoms with Crippen molar-refractivity contribution in [3.8, 4) is 10.7 Å². The molecule has 3 heterocycles. The number of fused-ring (bicyclic) bond motifs is 1. The molecule has 0 aromatic carbocycles. The van der Waals surface area contributed by atoms with Gasteiger partial charge in [-0.3, -0.25) is 0 Å². The Morgan fingerprint density at radius 3 is 2.82 bits per heavy atom. The van der Waals surface area contributed by atoms with Crippen LogP contribution >= 0.6 is 11.3 Å². The van der Waals surface area contributed by atoms with Gasteiger partial charge in [0, 0.05) is 11.4 Å². The van der Waals surface area contributed by atoms with Crippen LogP contribution in [0.25, 0.3) is 16.3 Å². The third-order valence-corrected chi connectivity index (χ3v) is 3.13. The summed E-state index contributed by atoms with van der Waals surface area (Å²) in [5.41, 5.74) is 13.5. The van der Waals surface area contributed by atoms with Gasteiger partial charge in [-0.1, -0.05) is 0 Å². The van der Waals surface area contributed by atoms with Gasteiger partial charge >= 0.3 is 0 Å². The van der Waals surface area contributed by atoms with Crippen molar-refractivity contribution < 1.29 is 0 Å². The van der Waals surface area contributed by atoms with Crippen molar-refractivity contribution in [3.05, 3.63) is 17.1 Å². The van der Waals surface area contributed by atoms with Crippen molar-refractivity contribution >= 4 is 28.6 Å². The van der Waals surface area contributed by atoms with E-state index < -0.39 is 0 Å². The molecule has 3 rings (SSSR count). The van der Waals surface area contributed by atoms with Crippen LogP contribution in [0.2, 0.25) is 0 Å². The SMILES string of the molecule is Cc1cc2nnc(-c3nc(N)cs3)c(N)n2n1. The van der Waals surface area contributed by atoms with Gasteiger partial charge in [-0.2, -0.15) is 9.61 Å². The molecule has 0 saturated heterocycles. The van der Waals surface area contributed by atoms with Gasteiger partial charge < -0.3 is 11.5 Å². The summed E-state index contributed by atoms with van der Waals surface area (Å²) in [6.45, 7) is 1.87. The second kappa shape index (κ2) is 3.39. The Bertz CT molecular complexity index is 699. The van der Waals surface area contributed by atoms with E-state index in [4.69, 9.17) is 11.5 Å². The quantitative estimate of drug-likeness (QED) is 0.656. The highest BCUT2D eigenvalue weighted by atomic mass is 32.1. The van der Waals surface area contributed by atoms with E-state index in [9.17, 15) is 0 Å². The number of nitrogen functional groups attached to an aromatic ring is 2. The van der Waals surface area contributed by atoms with Crippen molar-refractivity contribution in [1.29, 1.82) is 0 Å². The zero-order chi connectivity index (χ0) is 12.0. The van der Waals surface area contributed by atoms with E-state index in [0.29, 0.717) is 28.0 Å². The van der Waals surface area contributed by atoms with Crippen LogP contribution in [0, 0.1) is 6.92 Å². The molecule has 0 aliphatic carbocycles. The third kappa shape index (κ3) is 1.49. The average Bonchev–Trinajstić information content (AvgIpc) is 2.85. The Labute approximate surface area is 100 Å². The summed E-state index contributed by atoms with van der Waals surface area (Å²) < 4.78 is 1.55. The van der Waals surface area contributed by atoms with Crippen LogP contribution in [0.5, 0.6) is 0 Å². The third-order valence-electron chi connectivity index (χ3n) is 2.26. The summed E-state index contributed by atoms with van der Waals surface area (Å²) in [6, 6.07) is 1.81. The lowest BCUT2D eigenvalue weighted by Crippen LogP contribution is -2.05. The molecule has 3 aromatic rings. The fourth-order valence-electron chi connectivity index (χ4n) is 1.53. The first-order valence-electron chi connectivity index (χ1n) is 4.85. The molecule has 0 amide bonds. The number of thiazole rings is 1. The molecular formula is C9H9N7S. The first-order valence-corrected chi connectivity index (χ1v) is 5.73. The maximum Gasteiger partial charge on any atom is 0.179 e. The van der Waals surface area contributed by atoms with Gasteiger partial charge in [-0.15, -0.1) is 21.5 Å². The van der Waals surface area contributed by atoms with Gasteiger partial charge in [0.1, 0.15) is 10.8 Å². The molecule has 0 radical (unpaired) electrons. The molecule has 0 bridgehead atoms. The molecule has 17 heavy (non-hydrogen) atoms. The molecule has 8 heteroatoms. The smallest absolute Gasteiger partial charge is 0.179 e. The Kier molecular flexibility index (Phi) is 1.99. The van der Waals surface area contributed by atoms with E-state index >= 15 is 0 Å². The van der Waals surface area contributed by atoms with E-state index in [0.717, 1.165) is 5.69 Å². The number of hydrogen-bond acceptors (Lipinski definition) is 7. The maximum absolute atomic E-state index is 6.00. The molecule has 0 unspecified atom stereocenters. The number of aromatic nitrogens is 5. The fraction of sp³-hybridized carbons (Fsp3) is 0.111. The monoisotopic (exact) mass is 247 g/mol. The number of hydrogen-bond donors (Lipinski definition) is 2. The van der Waals surface area contributed by atoms with Gasteiger partial charge in [0.05, 0.1) is 5.69 Å². The van der Waals surface area contributed by atoms with E-state index in [1.807, 2.05) is 13.0 Å². The highest BCUT2D eigenvalue weighted by Crippen LogP contribution is 2.27. The lowest BCUT2D eigenvalue weighted by Gasteiger charge is -2.01. The molecule has 4 N–H and O–H groups in total. The van der Waals surface area contributed by atoms with Gasteiger partial charge in [0.25, 0.3) is 0 Å². The zero-order valence-corrected chi connectivity index (χ0v) is 9.77. The molecule has 3 aromatic heterocycles. The van der Waals surface area contributed by atoms with Crippen molar-refractivity contribution in [2.75, 3.05) is 11.5 Å². The Morgan fingerprint density at radius 1 is 1.29 bits per heavy atom. The zero-order valence-electron chi connectivity index (χ0n) is 8.95. The number of rotatable bonds is 1. The second-order valence-corrected chi connectivity index (χ2v) is 4.43. The first kappa shape index (κ1) is 9.97. The molecule has 0 saturated carbocycles. The minimum absolute atomic E-state index is 0.414. The van der Waals surface area contributed by atoms with Gasteiger partial charge in [-0.25, -0.2) is 4.98 Å². The Morgan fingerprint density at radius 2 is 2.12 bits per heavy atom. The van der Waals surface area contributed by atoms with E-state index in [-0.39, 0.29) is 0 Å². The summed E-state index contributed by atoms with van der Waals surface area (Å²) in [5.74, 6) is 0.861. The number of anilines is 2. The standard InChI is InChI=1S/C9H9N7S/c1-4-2-6-13-14-7(8(11)16(6)15-4)9-12-5(10)3-17-9/h2-3H,10-11H2,1H3. The first-order chi connectivity index (χ1) is 8.15. The largest absolute Gasteiger partial charge is 0.383 e. The number of aryl methyl sites for hydroxylation is 1. The predicted molar refractivity (Wildman–Crippen MR) is 65.5 cm³/mol. The second-order valence-electron chi connectivity index (χ2n) is 3.57. The average molecular weight is 247 g/mol. The van der Waals surface area contributed by atoms with Gasteiger partial charge in [0.15, 0.2) is 17.2 Å². The van der Waals surface area contributed by atoms with Gasteiger partial charge in [0.2, 0.25) is 0 Å². The maximum atomic E-state index is 6.00. The molecule has 7 nitrogen and oxygen atoms in total. The minimum Gasteiger partial charge on any atom is -0.383 e. The minimum atomic E-state index is 0.414. The molecule has 0 atom stereocenters. The van der Waals surface area contributed by atoms with Crippen molar-refractivity contribution in [1.82, 2.24) is 24.8 Å². The lowest BCUT2D eigenvalue weighted by atomic mass is 10.4. The summed E-state index contributed by atoms with van der Waals surface area (Å²) >= 11 is 1.37. The van der Waals surface area contributed by atoms with Crippen molar-refractivity contribution in [2.45, 2.75) is 6.92 Å². The molecule has 0 spiro atoms. The summed E-state index contributed by atoms with van der Waals surface area (Å²) in [4.78, 5) is 4.13. The molecule has 0 aliphatic heterocycles. The summed E-state index contributed by atoms with van der Waals surface area (Å²) in [7, 11) is 0. The lowest BCUT2D eigenvalue weighted by molar-refractivity contribution is 0.892. The van der Waals surface area contributed by atoms with Crippen LogP contribution < -0.4 is 11.5 Å². The fourth-order valence-corrected chi connectivity index (χ4v) is 2.23. The summed E-state index contributed by atoms with van der Waals surface area (Å²) in [5, 5.41) is 14.7. The number of nitrogens with zero attached hydrogens (tertiary/aromatic N) is 5. The Balaban J connectivity index is 2.27. The predicted octanol–water partition coefficient (Wildman–Crippen LogP) is 0.721. The van der Waals surface area contributed by atoms with Gasteiger partial charge in [-0.05, 0) is 6.92 Å². The van der Waals surface area contributed by atoms with Crippen LogP contribution in [-0.2, 0) is 0 Å². The van der Waals surface area contributed by atoms with Crippen molar-refractivity contribution in [2.24, 2.45) is 0 Å². The molecule has 0 aliphatic rings. The highest BCUT2D eigenvalue weighted by Gasteiger charge is 2.14. The van der Waals surface area contributed by atoms with E-state index in [2.05, 4.69) is 20.3 Å². The normalized spacial score (nSPS) is 11.1. The Hall–Kier alpha value is -2.22. The molecule has 0 fully saturated rings. The van der Waals surface area contributed by atoms with E-state index in [1.165, 1.54) is 11.3 Å². The molecule has 86 valence electrons. The van der Waals surface area contributed by atoms with Crippen LogP contribution in [0.4, 0.5) is 11.6 Å². The van der Waals surface area contributed by atoms with E-state index in [1.54, 1.807) is 9.90 Å².